The molecule has 0 radical (unpaired) electrons. The van der Waals surface area contributed by atoms with Gasteiger partial charge in [-0.2, -0.15) is 5.10 Å². The third-order valence-corrected chi connectivity index (χ3v) is 3.23. The fourth-order valence-corrected chi connectivity index (χ4v) is 2.05. The minimum atomic E-state index is 0.485. The van der Waals surface area contributed by atoms with Gasteiger partial charge >= 0.3 is 0 Å². The maximum atomic E-state index is 5.81. The number of aryl methyl sites for hydroxylation is 1. The Morgan fingerprint density at radius 1 is 1.25 bits per heavy atom. The summed E-state index contributed by atoms with van der Waals surface area (Å²) in [5.41, 5.74) is 3.45. The first-order chi connectivity index (χ1) is 9.61. The van der Waals surface area contributed by atoms with Crippen LogP contribution in [0.25, 0.3) is 11.1 Å². The van der Waals surface area contributed by atoms with Crippen molar-refractivity contribution in [1.29, 1.82) is 0 Å². The van der Waals surface area contributed by atoms with E-state index in [0.29, 0.717) is 19.1 Å². The molecule has 0 bridgehead atoms. The van der Waals surface area contributed by atoms with Gasteiger partial charge in [0.25, 0.3) is 0 Å². The monoisotopic (exact) mass is 274 g/mol. The normalized spacial score (nSPS) is 11.1. The number of ether oxygens (including phenoxy) is 2. The summed E-state index contributed by atoms with van der Waals surface area (Å²) in [4.78, 5) is 0. The van der Waals surface area contributed by atoms with Crippen LogP contribution in [0.4, 0.5) is 0 Å². The van der Waals surface area contributed by atoms with E-state index in [-0.39, 0.29) is 0 Å². The van der Waals surface area contributed by atoms with Gasteiger partial charge in [-0.3, -0.25) is 4.68 Å². The Kier molecular flexibility index (Phi) is 4.79. The number of hydrogen-bond donors (Lipinski definition) is 0. The Bertz CT molecular complexity index is 561. The molecule has 1 aromatic carbocycles. The van der Waals surface area contributed by atoms with Gasteiger partial charge in [-0.1, -0.05) is 19.9 Å². The third kappa shape index (κ3) is 3.39. The molecule has 2 rings (SSSR count). The predicted octanol–water partition coefficient (Wildman–Crippen LogP) is 3.24. The second-order valence-corrected chi connectivity index (χ2v) is 5.15. The molecule has 4 nitrogen and oxygen atoms in total. The zero-order chi connectivity index (χ0) is 14.5. The van der Waals surface area contributed by atoms with Crippen LogP contribution in [0, 0.1) is 0 Å². The third-order valence-electron chi connectivity index (χ3n) is 3.23. The molecular formula is C16H22N2O2. The molecule has 1 heterocycles. The van der Waals surface area contributed by atoms with E-state index in [1.165, 1.54) is 5.56 Å². The van der Waals surface area contributed by atoms with Gasteiger partial charge in [0.05, 0.1) is 12.8 Å². The molecule has 4 heteroatoms. The highest BCUT2D eigenvalue weighted by molar-refractivity contribution is 5.70. The maximum Gasteiger partial charge on any atom is 0.127 e. The van der Waals surface area contributed by atoms with Crippen molar-refractivity contribution in [3.63, 3.8) is 0 Å². The van der Waals surface area contributed by atoms with Crippen molar-refractivity contribution < 1.29 is 9.47 Å². The number of rotatable bonds is 6. The Balaban J connectivity index is 2.35. The van der Waals surface area contributed by atoms with Crippen LogP contribution in [0.1, 0.15) is 25.3 Å². The minimum Gasteiger partial charge on any atom is -0.491 e. The summed E-state index contributed by atoms with van der Waals surface area (Å²) in [6.45, 7) is 5.50. The van der Waals surface area contributed by atoms with Crippen molar-refractivity contribution in [1.82, 2.24) is 9.78 Å². The molecule has 0 unspecified atom stereocenters. The number of aromatic nitrogens is 2. The molecule has 20 heavy (non-hydrogen) atoms. The molecular weight excluding hydrogens is 252 g/mol. The molecule has 0 N–H and O–H groups in total. The van der Waals surface area contributed by atoms with E-state index in [4.69, 9.17) is 9.47 Å². The van der Waals surface area contributed by atoms with Crippen LogP contribution in [0.5, 0.6) is 5.75 Å². The SMILES string of the molecule is COCCOc1ccc(C(C)C)cc1-c1cnn(C)c1. The fraction of sp³-hybridized carbons (Fsp3) is 0.438. The van der Waals surface area contributed by atoms with Crippen molar-refractivity contribution in [2.24, 2.45) is 7.05 Å². The lowest BCUT2D eigenvalue weighted by molar-refractivity contribution is 0.146. The molecule has 1 aromatic heterocycles. The first-order valence-electron chi connectivity index (χ1n) is 6.86. The number of nitrogens with zero attached hydrogens (tertiary/aromatic N) is 2. The van der Waals surface area contributed by atoms with Gasteiger partial charge in [0.15, 0.2) is 0 Å². The average molecular weight is 274 g/mol. The van der Waals surface area contributed by atoms with Crippen LogP contribution < -0.4 is 4.74 Å². The van der Waals surface area contributed by atoms with Gasteiger partial charge in [0, 0.05) is 31.5 Å². The van der Waals surface area contributed by atoms with E-state index in [1.807, 2.05) is 25.5 Å². The lowest BCUT2D eigenvalue weighted by atomic mass is 9.98. The van der Waals surface area contributed by atoms with E-state index < -0.39 is 0 Å². The van der Waals surface area contributed by atoms with Crippen molar-refractivity contribution in [3.8, 4) is 16.9 Å². The van der Waals surface area contributed by atoms with Gasteiger partial charge in [0.2, 0.25) is 0 Å². The van der Waals surface area contributed by atoms with Crippen molar-refractivity contribution in [2.45, 2.75) is 19.8 Å². The topological polar surface area (TPSA) is 36.3 Å². The quantitative estimate of drug-likeness (QED) is 0.759. The molecule has 0 fully saturated rings. The van der Waals surface area contributed by atoms with E-state index in [2.05, 4.69) is 31.1 Å². The molecule has 0 aliphatic rings. The van der Waals surface area contributed by atoms with E-state index in [0.717, 1.165) is 16.9 Å². The number of hydrogen-bond acceptors (Lipinski definition) is 3. The first kappa shape index (κ1) is 14.6. The fourth-order valence-electron chi connectivity index (χ4n) is 2.05. The van der Waals surface area contributed by atoms with Crippen LogP contribution in [-0.2, 0) is 11.8 Å². The molecule has 0 atom stereocenters. The molecule has 0 aliphatic carbocycles. The van der Waals surface area contributed by atoms with E-state index >= 15 is 0 Å². The molecule has 0 aliphatic heterocycles. The second kappa shape index (κ2) is 6.57. The molecule has 0 amide bonds. The van der Waals surface area contributed by atoms with Gasteiger partial charge in [-0.15, -0.1) is 0 Å². The summed E-state index contributed by atoms with van der Waals surface area (Å²) in [5.74, 6) is 1.36. The van der Waals surface area contributed by atoms with Crippen LogP contribution in [-0.4, -0.2) is 30.1 Å². The smallest absolute Gasteiger partial charge is 0.127 e. The summed E-state index contributed by atoms with van der Waals surface area (Å²) in [7, 11) is 3.59. The summed E-state index contributed by atoms with van der Waals surface area (Å²) in [6, 6.07) is 6.34. The Morgan fingerprint density at radius 2 is 2.05 bits per heavy atom. The van der Waals surface area contributed by atoms with Crippen LogP contribution in [0.15, 0.2) is 30.6 Å². The van der Waals surface area contributed by atoms with Gasteiger partial charge < -0.3 is 9.47 Å². The standard InChI is InChI=1S/C16H22N2O2/c1-12(2)13-5-6-16(20-8-7-19-4)15(9-13)14-10-17-18(3)11-14/h5-6,9-12H,7-8H2,1-4H3. The first-order valence-corrected chi connectivity index (χ1v) is 6.86. The Labute approximate surface area is 120 Å². The average Bonchev–Trinajstić information content (AvgIpc) is 2.85. The van der Waals surface area contributed by atoms with E-state index in [1.54, 1.807) is 11.8 Å². The molecule has 0 saturated heterocycles. The Morgan fingerprint density at radius 3 is 2.65 bits per heavy atom. The van der Waals surface area contributed by atoms with Crippen LogP contribution >= 0.6 is 0 Å². The van der Waals surface area contributed by atoms with Gasteiger partial charge in [-0.25, -0.2) is 0 Å². The maximum absolute atomic E-state index is 5.81. The molecule has 0 spiro atoms. The largest absolute Gasteiger partial charge is 0.491 e. The Hall–Kier alpha value is -1.81. The zero-order valence-corrected chi connectivity index (χ0v) is 12.6. The van der Waals surface area contributed by atoms with Crippen molar-refractivity contribution in [3.05, 3.63) is 36.2 Å². The summed E-state index contributed by atoms with van der Waals surface area (Å²) in [5, 5.41) is 4.24. The van der Waals surface area contributed by atoms with Crippen LogP contribution in [0.3, 0.4) is 0 Å². The van der Waals surface area contributed by atoms with Gasteiger partial charge in [0.1, 0.15) is 12.4 Å². The highest BCUT2D eigenvalue weighted by Crippen LogP contribution is 2.32. The minimum absolute atomic E-state index is 0.485. The zero-order valence-electron chi connectivity index (χ0n) is 12.6. The predicted molar refractivity (Wildman–Crippen MR) is 80.1 cm³/mol. The van der Waals surface area contributed by atoms with E-state index in [9.17, 15) is 0 Å². The summed E-state index contributed by atoms with van der Waals surface area (Å²) in [6.07, 6.45) is 3.87. The number of methoxy groups -OCH3 is 1. The highest BCUT2D eigenvalue weighted by atomic mass is 16.5. The highest BCUT2D eigenvalue weighted by Gasteiger charge is 2.11. The molecule has 108 valence electrons. The summed E-state index contributed by atoms with van der Waals surface area (Å²) < 4.78 is 12.6. The molecule has 2 aromatic rings. The summed E-state index contributed by atoms with van der Waals surface area (Å²) >= 11 is 0. The lowest BCUT2D eigenvalue weighted by Crippen LogP contribution is -2.05. The van der Waals surface area contributed by atoms with Gasteiger partial charge in [-0.05, 0) is 23.6 Å². The molecule has 0 saturated carbocycles. The number of benzene rings is 1. The second-order valence-electron chi connectivity index (χ2n) is 5.15. The van der Waals surface area contributed by atoms with Crippen molar-refractivity contribution >= 4 is 0 Å². The lowest BCUT2D eigenvalue weighted by Gasteiger charge is -2.13. The van der Waals surface area contributed by atoms with Crippen molar-refractivity contribution in [2.75, 3.05) is 20.3 Å². The van der Waals surface area contributed by atoms with Crippen LogP contribution in [0.2, 0.25) is 0 Å².